The van der Waals surface area contributed by atoms with Crippen LogP contribution in [-0.4, -0.2) is 11.6 Å². The molecule has 0 saturated heterocycles. The van der Waals surface area contributed by atoms with E-state index in [2.05, 4.69) is 5.32 Å². The number of ketones is 2. The van der Waals surface area contributed by atoms with Crippen molar-refractivity contribution in [3.63, 3.8) is 0 Å². The van der Waals surface area contributed by atoms with Crippen LogP contribution in [0.4, 0.5) is 15.1 Å². The molecular weight excluding hydrogens is 482 g/mol. The molecule has 0 atom stereocenters. The summed E-state index contributed by atoms with van der Waals surface area (Å²) in [5.74, 6) is -0.283. The highest BCUT2D eigenvalue weighted by Crippen LogP contribution is 2.43. The molecule has 1 aliphatic heterocycles. The fourth-order valence-electron chi connectivity index (χ4n) is 3.38. The van der Waals surface area contributed by atoms with Gasteiger partial charge < -0.3 is 11.1 Å². The van der Waals surface area contributed by atoms with Crippen LogP contribution in [0.2, 0.25) is 10.0 Å². The summed E-state index contributed by atoms with van der Waals surface area (Å²) in [7, 11) is 0. The fraction of sp³-hybridized carbons (Fsp3) is 0.200. The van der Waals surface area contributed by atoms with Gasteiger partial charge in [0.1, 0.15) is 10.7 Å². The van der Waals surface area contributed by atoms with E-state index in [1.165, 1.54) is 23.5 Å². The Labute approximate surface area is 206 Å². The number of thiophene rings is 1. The van der Waals surface area contributed by atoms with Gasteiger partial charge in [0, 0.05) is 35.2 Å². The predicted molar refractivity (Wildman–Crippen MR) is 135 cm³/mol. The Morgan fingerprint density at radius 3 is 2.33 bits per heavy atom. The number of nitrogen functional groups attached to an aromatic ring is 1. The Balaban J connectivity index is 0.000000374. The number of nitrogens with two attached hydrogens (primary N) is 1. The third-order valence-corrected chi connectivity index (χ3v) is 7.06. The zero-order chi connectivity index (χ0) is 24.1. The second-order valence-corrected chi connectivity index (χ2v) is 9.13. The number of hydrogen-bond donors (Lipinski definition) is 2. The van der Waals surface area contributed by atoms with Gasteiger partial charge in [-0.1, -0.05) is 55.2 Å². The molecule has 0 aliphatic carbocycles. The first-order valence-corrected chi connectivity index (χ1v) is 12.0. The largest absolute Gasteiger partial charge is 0.397 e. The minimum absolute atomic E-state index is 0.1000. The van der Waals surface area contributed by atoms with Crippen LogP contribution in [0.3, 0.4) is 0 Å². The molecule has 4 nitrogen and oxygen atoms in total. The molecule has 0 unspecified atom stereocenters. The minimum atomic E-state index is -0.205. The number of Topliss-reactive ketones (excluding diaryl/α,β-unsaturated/α-hetero) is 1. The standard InChI is InChI=1S/C19H18Cl2N2O2S.C6H5F/c1-3-14-10(15(24)4-2)8-11-16(22)18(26-19(11)23-14)17(25)9-5-6-12(20)13(21)7-9;7-6-4-2-1-3-5-6/h5-7,23H,3-4,8,22H2,1-2H3;1-5H. The van der Waals surface area contributed by atoms with E-state index in [1.54, 1.807) is 36.4 Å². The highest BCUT2D eigenvalue weighted by atomic mass is 35.5. The van der Waals surface area contributed by atoms with Crippen LogP contribution in [0.15, 0.2) is 59.8 Å². The summed E-state index contributed by atoms with van der Waals surface area (Å²) < 4.78 is 11.9. The fourth-order valence-corrected chi connectivity index (χ4v) is 4.81. The lowest BCUT2D eigenvalue weighted by atomic mass is 9.94. The Kier molecular flexibility index (Phi) is 8.30. The van der Waals surface area contributed by atoms with E-state index >= 15 is 0 Å². The molecule has 0 saturated carbocycles. The normalized spacial score (nSPS) is 12.4. The number of benzene rings is 2. The van der Waals surface area contributed by atoms with Crippen molar-refractivity contribution in [2.24, 2.45) is 0 Å². The number of halogens is 3. The van der Waals surface area contributed by atoms with Crippen molar-refractivity contribution in [2.75, 3.05) is 11.1 Å². The molecule has 0 fully saturated rings. The highest BCUT2D eigenvalue weighted by Gasteiger charge is 2.28. The number of hydrogen-bond acceptors (Lipinski definition) is 5. The second kappa shape index (κ2) is 11.0. The van der Waals surface area contributed by atoms with Crippen molar-refractivity contribution >= 4 is 56.8 Å². The highest BCUT2D eigenvalue weighted by molar-refractivity contribution is 7.19. The molecule has 3 N–H and O–H groups in total. The van der Waals surface area contributed by atoms with Gasteiger partial charge >= 0.3 is 0 Å². The number of carbonyl (C=O) groups is 2. The Hall–Kier alpha value is -2.67. The Morgan fingerprint density at radius 1 is 1.09 bits per heavy atom. The van der Waals surface area contributed by atoms with Crippen molar-refractivity contribution in [1.82, 2.24) is 0 Å². The van der Waals surface area contributed by atoms with Crippen LogP contribution < -0.4 is 11.1 Å². The maximum absolute atomic E-state index is 12.9. The van der Waals surface area contributed by atoms with Gasteiger partial charge in [0.05, 0.1) is 20.7 Å². The molecule has 172 valence electrons. The van der Waals surface area contributed by atoms with Crippen LogP contribution in [-0.2, 0) is 11.2 Å². The van der Waals surface area contributed by atoms with Crippen LogP contribution in [0.25, 0.3) is 0 Å². The van der Waals surface area contributed by atoms with E-state index in [9.17, 15) is 14.0 Å². The second-order valence-electron chi connectivity index (χ2n) is 7.30. The predicted octanol–water partition coefficient (Wildman–Crippen LogP) is 7.31. The average Bonchev–Trinajstić information content (AvgIpc) is 3.15. The third-order valence-electron chi connectivity index (χ3n) is 5.16. The van der Waals surface area contributed by atoms with Crippen LogP contribution >= 0.6 is 34.5 Å². The first-order valence-electron chi connectivity index (χ1n) is 10.4. The van der Waals surface area contributed by atoms with Crippen molar-refractivity contribution in [2.45, 2.75) is 33.1 Å². The number of fused-ring (bicyclic) bond motifs is 1. The zero-order valence-corrected chi connectivity index (χ0v) is 20.5. The quantitative estimate of drug-likeness (QED) is 0.357. The summed E-state index contributed by atoms with van der Waals surface area (Å²) in [6.45, 7) is 3.84. The molecule has 8 heteroatoms. The third kappa shape index (κ3) is 5.64. The molecule has 0 spiro atoms. The summed E-state index contributed by atoms with van der Waals surface area (Å²) in [6, 6.07) is 12.7. The Bertz CT molecular complexity index is 1220. The van der Waals surface area contributed by atoms with Crippen LogP contribution in [0.1, 0.15) is 47.5 Å². The monoisotopic (exact) mass is 504 g/mol. The van der Waals surface area contributed by atoms with Gasteiger partial charge in [-0.15, -0.1) is 11.3 Å². The number of allylic oxidation sites excluding steroid dienone is 2. The summed E-state index contributed by atoms with van der Waals surface area (Å²) in [6.07, 6.45) is 1.61. The topological polar surface area (TPSA) is 72.2 Å². The summed E-state index contributed by atoms with van der Waals surface area (Å²) in [5, 5.41) is 4.84. The van der Waals surface area contributed by atoms with E-state index in [1.807, 2.05) is 13.8 Å². The van der Waals surface area contributed by atoms with Gasteiger partial charge in [-0.05, 0) is 36.8 Å². The Morgan fingerprint density at radius 2 is 1.79 bits per heavy atom. The van der Waals surface area contributed by atoms with Crippen molar-refractivity contribution < 1.29 is 14.0 Å². The molecule has 2 heterocycles. The first-order chi connectivity index (χ1) is 15.8. The zero-order valence-electron chi connectivity index (χ0n) is 18.2. The van der Waals surface area contributed by atoms with Gasteiger partial charge in [-0.2, -0.15) is 0 Å². The molecule has 1 aromatic heterocycles. The summed E-state index contributed by atoms with van der Waals surface area (Å²) in [4.78, 5) is 25.6. The van der Waals surface area contributed by atoms with E-state index in [0.717, 1.165) is 21.8 Å². The number of rotatable bonds is 5. The van der Waals surface area contributed by atoms with E-state index in [4.69, 9.17) is 28.9 Å². The van der Waals surface area contributed by atoms with Gasteiger partial charge in [-0.3, -0.25) is 9.59 Å². The van der Waals surface area contributed by atoms with Crippen LogP contribution in [0.5, 0.6) is 0 Å². The van der Waals surface area contributed by atoms with Gasteiger partial charge in [-0.25, -0.2) is 4.39 Å². The number of anilines is 2. The molecule has 0 amide bonds. The molecule has 0 radical (unpaired) electrons. The molecule has 1 aliphatic rings. The number of carbonyl (C=O) groups excluding carboxylic acids is 2. The van der Waals surface area contributed by atoms with Crippen molar-refractivity contribution in [3.05, 3.63) is 91.7 Å². The SMILES string of the molecule is CCC(=O)C1=C(CC)Nc2sc(C(=O)c3ccc(Cl)c(Cl)c3)c(N)c2C1.Fc1ccccc1. The molecule has 2 aromatic carbocycles. The van der Waals surface area contributed by atoms with Gasteiger partial charge in [0.25, 0.3) is 0 Å². The average molecular weight is 505 g/mol. The van der Waals surface area contributed by atoms with E-state index < -0.39 is 0 Å². The van der Waals surface area contributed by atoms with Crippen LogP contribution in [0, 0.1) is 5.82 Å². The molecule has 33 heavy (non-hydrogen) atoms. The van der Waals surface area contributed by atoms with Crippen molar-refractivity contribution in [1.29, 1.82) is 0 Å². The molecule has 0 bridgehead atoms. The first kappa shape index (κ1) is 25.0. The molecule has 4 rings (SSSR count). The van der Waals surface area contributed by atoms with Crippen molar-refractivity contribution in [3.8, 4) is 0 Å². The molecular formula is C25H23Cl2FN2O2S. The van der Waals surface area contributed by atoms with Gasteiger partial charge in [0.2, 0.25) is 5.78 Å². The smallest absolute Gasteiger partial charge is 0.205 e. The lowest BCUT2D eigenvalue weighted by Gasteiger charge is -2.21. The molecule has 3 aromatic rings. The van der Waals surface area contributed by atoms with Gasteiger partial charge in [0.15, 0.2) is 5.78 Å². The summed E-state index contributed by atoms with van der Waals surface area (Å²) >= 11 is 13.3. The van der Waals surface area contributed by atoms with E-state index in [0.29, 0.717) is 45.4 Å². The number of nitrogens with one attached hydrogen (secondary N) is 1. The lowest BCUT2D eigenvalue weighted by molar-refractivity contribution is -0.115. The summed E-state index contributed by atoms with van der Waals surface area (Å²) in [5.41, 5.74) is 9.59. The minimum Gasteiger partial charge on any atom is -0.397 e. The van der Waals surface area contributed by atoms with E-state index in [-0.39, 0.29) is 17.4 Å². The lowest BCUT2D eigenvalue weighted by Crippen LogP contribution is -2.17. The maximum Gasteiger partial charge on any atom is 0.205 e. The maximum atomic E-state index is 12.9.